The van der Waals surface area contributed by atoms with E-state index in [-0.39, 0.29) is 5.60 Å². The van der Waals surface area contributed by atoms with Crippen molar-refractivity contribution in [1.29, 1.82) is 0 Å². The maximum Gasteiger partial charge on any atom is 0.132 e. The summed E-state index contributed by atoms with van der Waals surface area (Å²) < 4.78 is 6.12. The minimum Gasteiger partial charge on any atom is -0.488 e. The molecule has 0 spiro atoms. The summed E-state index contributed by atoms with van der Waals surface area (Å²) in [6.45, 7) is 8.98. The van der Waals surface area contributed by atoms with Crippen LogP contribution in [0.15, 0.2) is 35.6 Å². The van der Waals surface area contributed by atoms with E-state index in [9.17, 15) is 0 Å². The number of ether oxygens (including phenoxy) is 1. The molecule has 5 heteroatoms. The van der Waals surface area contributed by atoms with Crippen LogP contribution in [0.5, 0.6) is 5.75 Å². The van der Waals surface area contributed by atoms with Gasteiger partial charge in [0, 0.05) is 24.7 Å². The Labute approximate surface area is 148 Å². The summed E-state index contributed by atoms with van der Waals surface area (Å²) in [5, 5.41) is 0. The number of nitrogens with zero attached hydrogens (tertiary/aromatic N) is 4. The molecule has 2 aromatic rings. The van der Waals surface area contributed by atoms with Crippen molar-refractivity contribution in [2.45, 2.75) is 45.8 Å². The zero-order valence-electron chi connectivity index (χ0n) is 15.1. The van der Waals surface area contributed by atoms with Gasteiger partial charge in [0.2, 0.25) is 0 Å². The summed E-state index contributed by atoms with van der Waals surface area (Å²) in [6.07, 6.45) is 3.89. The molecule has 130 valence electrons. The van der Waals surface area contributed by atoms with Crippen molar-refractivity contribution in [2.75, 3.05) is 18.0 Å². The Hall–Kier alpha value is -2.43. The summed E-state index contributed by atoms with van der Waals surface area (Å²) in [4.78, 5) is 15.8. The van der Waals surface area contributed by atoms with E-state index in [1.807, 2.05) is 6.07 Å². The monoisotopic (exact) mass is 336 g/mol. The van der Waals surface area contributed by atoms with E-state index in [1.165, 1.54) is 5.56 Å². The summed E-state index contributed by atoms with van der Waals surface area (Å²) in [5.74, 6) is 1.87. The Kier molecular flexibility index (Phi) is 3.94. The van der Waals surface area contributed by atoms with Crippen LogP contribution < -0.4 is 9.64 Å². The summed E-state index contributed by atoms with van der Waals surface area (Å²) in [5.41, 5.74) is 4.20. The fourth-order valence-corrected chi connectivity index (χ4v) is 3.21. The van der Waals surface area contributed by atoms with Gasteiger partial charge < -0.3 is 9.64 Å². The Morgan fingerprint density at radius 3 is 2.64 bits per heavy atom. The van der Waals surface area contributed by atoms with Crippen molar-refractivity contribution >= 4 is 11.5 Å². The van der Waals surface area contributed by atoms with E-state index in [0.717, 1.165) is 54.5 Å². The van der Waals surface area contributed by atoms with Gasteiger partial charge in [-0.25, -0.2) is 9.97 Å². The van der Waals surface area contributed by atoms with Gasteiger partial charge in [-0.1, -0.05) is 6.07 Å². The molecule has 0 saturated heterocycles. The molecule has 1 fully saturated rings. The number of aliphatic imine (C=N–C) groups is 1. The maximum atomic E-state index is 6.12. The molecular formula is C20H24N4O. The molecule has 0 unspecified atom stereocenters. The van der Waals surface area contributed by atoms with E-state index in [4.69, 9.17) is 9.73 Å². The van der Waals surface area contributed by atoms with Gasteiger partial charge in [-0.15, -0.1) is 0 Å². The first kappa shape index (κ1) is 16.1. The fraction of sp³-hybridized carbons (Fsp3) is 0.450. The zero-order chi connectivity index (χ0) is 17.4. The number of fused-ring (bicyclic) bond motifs is 1. The highest BCUT2D eigenvalue weighted by Gasteiger charge is 2.40. The molecule has 1 aromatic carbocycles. The molecule has 0 atom stereocenters. The van der Waals surface area contributed by atoms with Gasteiger partial charge in [0.15, 0.2) is 0 Å². The van der Waals surface area contributed by atoms with E-state index >= 15 is 0 Å². The summed E-state index contributed by atoms with van der Waals surface area (Å²) >= 11 is 0. The summed E-state index contributed by atoms with van der Waals surface area (Å²) in [6, 6.07) is 8.34. The predicted octanol–water partition coefficient (Wildman–Crippen LogP) is 3.61. The second-order valence-corrected chi connectivity index (χ2v) is 6.97. The molecular weight excluding hydrogens is 312 g/mol. The van der Waals surface area contributed by atoms with E-state index in [2.05, 4.69) is 53.8 Å². The third-order valence-corrected chi connectivity index (χ3v) is 5.05. The normalized spacial score (nSPS) is 17.0. The standard InChI is InChI=1S/C20H24N4O/c1-4-24(5-2)18-11-17(22-13-23-18)19-16-10-15(25-20(3)8-9-20)7-6-14(16)12-21-19/h6-7,10-11,13H,4-5,8-9,12H2,1-3H3. The topological polar surface area (TPSA) is 50.6 Å². The third kappa shape index (κ3) is 3.11. The van der Waals surface area contributed by atoms with E-state index in [0.29, 0.717) is 6.54 Å². The van der Waals surface area contributed by atoms with Crippen LogP contribution in [0.1, 0.15) is 50.4 Å². The lowest BCUT2D eigenvalue weighted by molar-refractivity contribution is 0.200. The molecule has 0 bridgehead atoms. The van der Waals surface area contributed by atoms with Crippen LogP contribution in [0.3, 0.4) is 0 Å². The molecule has 1 saturated carbocycles. The Morgan fingerprint density at radius 2 is 1.92 bits per heavy atom. The summed E-state index contributed by atoms with van der Waals surface area (Å²) in [7, 11) is 0. The van der Waals surface area contributed by atoms with Crippen molar-refractivity contribution in [3.05, 3.63) is 47.4 Å². The molecule has 4 rings (SSSR count). The largest absolute Gasteiger partial charge is 0.488 e. The van der Waals surface area contributed by atoms with Crippen molar-refractivity contribution in [3.8, 4) is 5.75 Å². The maximum absolute atomic E-state index is 6.12. The van der Waals surface area contributed by atoms with Crippen LogP contribution in [0, 0.1) is 0 Å². The van der Waals surface area contributed by atoms with Crippen LogP contribution in [-0.2, 0) is 6.54 Å². The van der Waals surface area contributed by atoms with Gasteiger partial charge in [-0.05, 0) is 51.3 Å². The molecule has 1 aliphatic heterocycles. The number of hydrogen-bond donors (Lipinski definition) is 0. The first-order valence-corrected chi connectivity index (χ1v) is 9.06. The fourth-order valence-electron chi connectivity index (χ4n) is 3.21. The van der Waals surface area contributed by atoms with Crippen LogP contribution in [0.2, 0.25) is 0 Å². The van der Waals surface area contributed by atoms with Gasteiger partial charge >= 0.3 is 0 Å². The molecule has 5 nitrogen and oxygen atoms in total. The minimum atomic E-state index is 0.0228. The zero-order valence-corrected chi connectivity index (χ0v) is 15.1. The lowest BCUT2D eigenvalue weighted by Crippen LogP contribution is -2.23. The van der Waals surface area contributed by atoms with Gasteiger partial charge in [0.05, 0.1) is 18.0 Å². The van der Waals surface area contributed by atoms with Crippen LogP contribution in [0.4, 0.5) is 5.82 Å². The van der Waals surface area contributed by atoms with Crippen molar-refractivity contribution < 1.29 is 4.74 Å². The van der Waals surface area contributed by atoms with Crippen LogP contribution in [-0.4, -0.2) is 34.4 Å². The molecule has 1 aliphatic carbocycles. The van der Waals surface area contributed by atoms with Crippen LogP contribution in [0.25, 0.3) is 0 Å². The first-order valence-electron chi connectivity index (χ1n) is 9.06. The SMILES string of the molecule is CCN(CC)c1cc(C2=NCc3ccc(OC4(C)CC4)cc32)ncn1. The smallest absolute Gasteiger partial charge is 0.132 e. The van der Waals surface area contributed by atoms with Gasteiger partial charge in [0.1, 0.15) is 23.5 Å². The molecule has 2 aliphatic rings. The Bertz CT molecular complexity index is 822. The molecule has 0 amide bonds. The third-order valence-electron chi connectivity index (χ3n) is 5.05. The van der Waals surface area contributed by atoms with E-state index in [1.54, 1.807) is 6.33 Å². The molecule has 2 heterocycles. The number of benzene rings is 1. The van der Waals surface area contributed by atoms with Gasteiger partial charge in [-0.2, -0.15) is 0 Å². The lowest BCUT2D eigenvalue weighted by atomic mass is 10.0. The Balaban J connectivity index is 1.65. The highest BCUT2D eigenvalue weighted by atomic mass is 16.5. The molecule has 1 aromatic heterocycles. The second kappa shape index (κ2) is 6.14. The highest BCUT2D eigenvalue weighted by molar-refractivity contribution is 6.14. The molecule has 0 radical (unpaired) electrons. The Morgan fingerprint density at radius 1 is 1.12 bits per heavy atom. The first-order chi connectivity index (χ1) is 12.1. The highest BCUT2D eigenvalue weighted by Crippen LogP contribution is 2.40. The lowest BCUT2D eigenvalue weighted by Gasteiger charge is -2.20. The average Bonchev–Trinajstić information content (AvgIpc) is 3.19. The number of anilines is 1. The second-order valence-electron chi connectivity index (χ2n) is 6.97. The van der Waals surface area contributed by atoms with E-state index < -0.39 is 0 Å². The molecule has 25 heavy (non-hydrogen) atoms. The number of aromatic nitrogens is 2. The number of rotatable bonds is 6. The minimum absolute atomic E-state index is 0.0228. The van der Waals surface area contributed by atoms with Crippen molar-refractivity contribution in [1.82, 2.24) is 9.97 Å². The van der Waals surface area contributed by atoms with Crippen molar-refractivity contribution in [3.63, 3.8) is 0 Å². The quantitative estimate of drug-likeness (QED) is 0.809. The van der Waals surface area contributed by atoms with Gasteiger partial charge in [0.25, 0.3) is 0 Å². The van der Waals surface area contributed by atoms with Gasteiger partial charge in [-0.3, -0.25) is 4.99 Å². The number of hydrogen-bond acceptors (Lipinski definition) is 5. The van der Waals surface area contributed by atoms with Crippen molar-refractivity contribution in [2.24, 2.45) is 4.99 Å². The average molecular weight is 336 g/mol. The van der Waals surface area contributed by atoms with Crippen LogP contribution >= 0.6 is 0 Å². The predicted molar refractivity (Wildman–Crippen MR) is 99.6 cm³/mol. The molecule has 0 N–H and O–H groups in total.